The second-order valence-electron chi connectivity index (χ2n) is 5.46. The zero-order valence-corrected chi connectivity index (χ0v) is 13.7. The van der Waals surface area contributed by atoms with Crippen molar-refractivity contribution in [1.82, 2.24) is 5.32 Å². The summed E-state index contributed by atoms with van der Waals surface area (Å²) in [7, 11) is 2.08. The van der Waals surface area contributed by atoms with Crippen LogP contribution >= 0.6 is 11.8 Å². The van der Waals surface area contributed by atoms with E-state index in [4.69, 9.17) is 0 Å². The third-order valence-electron chi connectivity index (χ3n) is 3.51. The van der Waals surface area contributed by atoms with Crippen LogP contribution in [-0.2, 0) is 0 Å². The molecule has 19 heavy (non-hydrogen) atoms. The SMILES string of the molecule is CCCCCSC(C(C)C)C(NC)c1ccccc1. The molecule has 1 aromatic rings. The summed E-state index contributed by atoms with van der Waals surface area (Å²) < 4.78 is 0. The lowest BCUT2D eigenvalue weighted by Gasteiger charge is -2.30. The van der Waals surface area contributed by atoms with E-state index in [1.807, 2.05) is 0 Å². The van der Waals surface area contributed by atoms with Crippen LogP contribution in [0.25, 0.3) is 0 Å². The Morgan fingerprint density at radius 2 is 1.79 bits per heavy atom. The van der Waals surface area contributed by atoms with Gasteiger partial charge in [0.2, 0.25) is 0 Å². The Hall–Kier alpha value is -0.470. The molecule has 0 aromatic heterocycles. The second-order valence-corrected chi connectivity index (χ2v) is 6.75. The number of benzene rings is 1. The quantitative estimate of drug-likeness (QED) is 0.646. The van der Waals surface area contributed by atoms with E-state index in [2.05, 4.69) is 75.2 Å². The van der Waals surface area contributed by atoms with Crippen LogP contribution in [0.3, 0.4) is 0 Å². The molecule has 0 aliphatic carbocycles. The fourth-order valence-electron chi connectivity index (χ4n) is 2.43. The summed E-state index contributed by atoms with van der Waals surface area (Å²) in [5.41, 5.74) is 1.41. The molecule has 1 rings (SSSR count). The van der Waals surface area contributed by atoms with E-state index in [1.54, 1.807) is 0 Å². The van der Waals surface area contributed by atoms with Crippen LogP contribution in [-0.4, -0.2) is 18.1 Å². The van der Waals surface area contributed by atoms with Crippen molar-refractivity contribution in [1.29, 1.82) is 0 Å². The second kappa shape index (κ2) is 9.44. The van der Waals surface area contributed by atoms with Crippen LogP contribution in [0.5, 0.6) is 0 Å². The van der Waals surface area contributed by atoms with Gasteiger partial charge in [0.15, 0.2) is 0 Å². The van der Waals surface area contributed by atoms with E-state index in [0.29, 0.717) is 17.2 Å². The number of hydrogen-bond acceptors (Lipinski definition) is 2. The molecule has 0 heterocycles. The van der Waals surface area contributed by atoms with Gasteiger partial charge in [-0.1, -0.05) is 63.9 Å². The summed E-state index contributed by atoms with van der Waals surface area (Å²) in [6.07, 6.45) is 4.00. The third kappa shape index (κ3) is 5.58. The van der Waals surface area contributed by atoms with Crippen LogP contribution in [0.2, 0.25) is 0 Å². The van der Waals surface area contributed by atoms with Gasteiger partial charge in [-0.15, -0.1) is 0 Å². The lowest BCUT2D eigenvalue weighted by Crippen LogP contribution is -2.31. The smallest absolute Gasteiger partial charge is 0.0440 e. The van der Waals surface area contributed by atoms with E-state index in [-0.39, 0.29) is 0 Å². The summed E-state index contributed by atoms with van der Waals surface area (Å²) in [5, 5.41) is 4.16. The fourth-order valence-corrected chi connectivity index (χ4v) is 3.94. The molecular weight excluding hydrogens is 250 g/mol. The average molecular weight is 279 g/mol. The molecule has 108 valence electrons. The van der Waals surface area contributed by atoms with Gasteiger partial charge in [-0.05, 0) is 30.7 Å². The number of hydrogen-bond donors (Lipinski definition) is 1. The first kappa shape index (κ1) is 16.6. The average Bonchev–Trinajstić information content (AvgIpc) is 2.43. The third-order valence-corrected chi connectivity index (χ3v) is 5.24. The number of thioether (sulfide) groups is 1. The number of nitrogens with one attached hydrogen (secondary N) is 1. The molecule has 1 N–H and O–H groups in total. The monoisotopic (exact) mass is 279 g/mol. The molecule has 2 atom stereocenters. The predicted molar refractivity (Wildman–Crippen MR) is 88.9 cm³/mol. The molecule has 0 aliphatic heterocycles. The first-order chi connectivity index (χ1) is 9.20. The van der Waals surface area contributed by atoms with Crippen LogP contribution in [0.4, 0.5) is 0 Å². The number of rotatable bonds is 9. The van der Waals surface area contributed by atoms with Crippen LogP contribution in [0, 0.1) is 5.92 Å². The van der Waals surface area contributed by atoms with E-state index >= 15 is 0 Å². The fraction of sp³-hybridized carbons (Fsp3) is 0.647. The highest BCUT2D eigenvalue weighted by Crippen LogP contribution is 2.32. The Balaban J connectivity index is 2.67. The van der Waals surface area contributed by atoms with Gasteiger partial charge >= 0.3 is 0 Å². The van der Waals surface area contributed by atoms with Crippen molar-refractivity contribution in [2.24, 2.45) is 5.92 Å². The summed E-state index contributed by atoms with van der Waals surface area (Å²) >= 11 is 2.13. The zero-order valence-electron chi connectivity index (χ0n) is 12.9. The van der Waals surface area contributed by atoms with Gasteiger partial charge in [0.05, 0.1) is 0 Å². The predicted octanol–water partition coefficient (Wildman–Crippen LogP) is 4.90. The maximum absolute atomic E-state index is 3.52. The molecule has 0 radical (unpaired) electrons. The van der Waals surface area contributed by atoms with Gasteiger partial charge in [0.25, 0.3) is 0 Å². The lowest BCUT2D eigenvalue weighted by atomic mass is 9.96. The van der Waals surface area contributed by atoms with Gasteiger partial charge in [-0.25, -0.2) is 0 Å². The zero-order chi connectivity index (χ0) is 14.1. The topological polar surface area (TPSA) is 12.0 Å². The maximum atomic E-state index is 3.52. The van der Waals surface area contributed by atoms with Crippen LogP contribution in [0.15, 0.2) is 30.3 Å². The standard InChI is InChI=1S/C17H29NS/c1-5-6-10-13-19-17(14(2)3)16(18-4)15-11-8-7-9-12-15/h7-9,11-12,14,16-18H,5-6,10,13H2,1-4H3. The van der Waals surface area contributed by atoms with E-state index in [9.17, 15) is 0 Å². The molecule has 0 spiro atoms. The summed E-state index contributed by atoms with van der Waals surface area (Å²) in [5.74, 6) is 1.96. The largest absolute Gasteiger partial charge is 0.312 e. The van der Waals surface area contributed by atoms with E-state index in [1.165, 1.54) is 30.6 Å². The summed E-state index contributed by atoms with van der Waals surface area (Å²) in [4.78, 5) is 0. The molecule has 1 nitrogen and oxygen atoms in total. The minimum Gasteiger partial charge on any atom is -0.312 e. The lowest BCUT2D eigenvalue weighted by molar-refractivity contribution is 0.472. The van der Waals surface area contributed by atoms with Crippen molar-refractivity contribution in [3.63, 3.8) is 0 Å². The molecule has 0 bridgehead atoms. The van der Waals surface area contributed by atoms with Crippen LogP contribution < -0.4 is 5.32 Å². The highest BCUT2D eigenvalue weighted by molar-refractivity contribution is 7.99. The first-order valence-corrected chi connectivity index (χ1v) is 8.59. The van der Waals surface area contributed by atoms with Crippen molar-refractivity contribution in [3.05, 3.63) is 35.9 Å². The van der Waals surface area contributed by atoms with Gasteiger partial charge in [0, 0.05) is 11.3 Å². The van der Waals surface area contributed by atoms with Gasteiger partial charge in [0.1, 0.15) is 0 Å². The van der Waals surface area contributed by atoms with Gasteiger partial charge in [-0.3, -0.25) is 0 Å². The van der Waals surface area contributed by atoms with E-state index < -0.39 is 0 Å². The van der Waals surface area contributed by atoms with Crippen molar-refractivity contribution in [2.75, 3.05) is 12.8 Å². The molecule has 0 saturated heterocycles. The van der Waals surface area contributed by atoms with Crippen molar-refractivity contribution in [2.45, 2.75) is 51.3 Å². The summed E-state index contributed by atoms with van der Waals surface area (Å²) in [6.45, 7) is 6.94. The Morgan fingerprint density at radius 1 is 1.11 bits per heavy atom. The van der Waals surface area contributed by atoms with Crippen molar-refractivity contribution < 1.29 is 0 Å². The minimum atomic E-state index is 0.452. The molecular formula is C17H29NS. The number of unbranched alkanes of at least 4 members (excludes halogenated alkanes) is 2. The minimum absolute atomic E-state index is 0.452. The van der Waals surface area contributed by atoms with Crippen LogP contribution in [0.1, 0.15) is 51.6 Å². The Kier molecular flexibility index (Phi) is 8.24. The highest BCUT2D eigenvalue weighted by Gasteiger charge is 2.24. The highest BCUT2D eigenvalue weighted by atomic mass is 32.2. The molecule has 1 aromatic carbocycles. The van der Waals surface area contributed by atoms with Gasteiger partial charge in [-0.2, -0.15) is 11.8 Å². The molecule has 0 amide bonds. The maximum Gasteiger partial charge on any atom is 0.0440 e. The summed E-state index contributed by atoms with van der Waals surface area (Å²) in [6, 6.07) is 11.3. The Bertz CT molecular complexity index is 323. The van der Waals surface area contributed by atoms with Crippen molar-refractivity contribution in [3.8, 4) is 0 Å². The van der Waals surface area contributed by atoms with Crippen molar-refractivity contribution >= 4 is 11.8 Å². The molecule has 2 unspecified atom stereocenters. The first-order valence-electron chi connectivity index (χ1n) is 7.54. The van der Waals surface area contributed by atoms with E-state index in [0.717, 1.165) is 0 Å². The normalized spacial score (nSPS) is 14.6. The van der Waals surface area contributed by atoms with Gasteiger partial charge < -0.3 is 5.32 Å². The molecule has 2 heteroatoms. The molecule has 0 fully saturated rings. The Morgan fingerprint density at radius 3 is 2.32 bits per heavy atom. The Labute approximate surface area is 123 Å². The molecule has 0 saturated carbocycles. The molecule has 0 aliphatic rings.